The molecule has 0 aromatic heterocycles. The van der Waals surface area contributed by atoms with Gasteiger partial charge in [0.1, 0.15) is 11.6 Å². The summed E-state index contributed by atoms with van der Waals surface area (Å²) in [5, 5.41) is 0. The minimum Gasteiger partial charge on any atom is -0.465 e. The van der Waals surface area contributed by atoms with E-state index in [1.54, 1.807) is 18.4 Å². The highest BCUT2D eigenvalue weighted by atomic mass is 19.1. The summed E-state index contributed by atoms with van der Waals surface area (Å²) in [5.41, 5.74) is 1.06. The average Bonchev–Trinajstić information content (AvgIpc) is 2.33. The van der Waals surface area contributed by atoms with Gasteiger partial charge in [-0.25, -0.2) is 4.39 Å². The summed E-state index contributed by atoms with van der Waals surface area (Å²) in [6.45, 7) is 0. The Kier molecular flexibility index (Phi) is 3.34. The number of hydrogen-bond donors (Lipinski definition) is 0. The monoisotopic (exact) mass is 214 g/mol. The summed E-state index contributed by atoms with van der Waals surface area (Å²) < 4.78 is 17.9. The van der Waals surface area contributed by atoms with E-state index in [0.29, 0.717) is 5.75 Å². The summed E-state index contributed by atoms with van der Waals surface area (Å²) >= 11 is 0. The molecule has 0 radical (unpaired) electrons. The van der Waals surface area contributed by atoms with Crippen molar-refractivity contribution in [3.63, 3.8) is 0 Å². The van der Waals surface area contributed by atoms with Gasteiger partial charge >= 0.3 is 0 Å². The standard InChI is InChI=1S/C14H11FO/c15-13-6-8-14(9-7-13)16-11-10-12-4-2-1-3-5-12/h1-11H/b11-10+. The van der Waals surface area contributed by atoms with Crippen molar-refractivity contribution in [2.75, 3.05) is 0 Å². The van der Waals surface area contributed by atoms with E-state index in [4.69, 9.17) is 4.74 Å². The minimum absolute atomic E-state index is 0.264. The topological polar surface area (TPSA) is 9.23 Å². The predicted octanol–water partition coefficient (Wildman–Crippen LogP) is 3.88. The molecule has 2 aromatic carbocycles. The molecular weight excluding hydrogens is 203 g/mol. The Labute approximate surface area is 93.8 Å². The van der Waals surface area contributed by atoms with Crippen molar-refractivity contribution in [3.05, 3.63) is 72.2 Å². The Balaban J connectivity index is 1.97. The van der Waals surface area contributed by atoms with Gasteiger partial charge in [0, 0.05) is 0 Å². The van der Waals surface area contributed by atoms with E-state index in [9.17, 15) is 4.39 Å². The van der Waals surface area contributed by atoms with E-state index in [-0.39, 0.29) is 5.82 Å². The molecule has 0 aliphatic rings. The van der Waals surface area contributed by atoms with Crippen LogP contribution in [0.3, 0.4) is 0 Å². The SMILES string of the molecule is Fc1ccc(O/C=C/c2ccccc2)cc1. The molecule has 0 aliphatic heterocycles. The highest BCUT2D eigenvalue weighted by Crippen LogP contribution is 2.12. The first kappa shape index (κ1) is 10.4. The highest BCUT2D eigenvalue weighted by Gasteiger charge is 1.91. The molecule has 80 valence electrons. The maximum atomic E-state index is 12.6. The van der Waals surface area contributed by atoms with Gasteiger partial charge in [-0.05, 0) is 35.9 Å². The maximum absolute atomic E-state index is 12.6. The van der Waals surface area contributed by atoms with Crippen LogP contribution in [0.1, 0.15) is 5.56 Å². The zero-order valence-electron chi connectivity index (χ0n) is 8.64. The van der Waals surface area contributed by atoms with Crippen molar-refractivity contribution in [1.29, 1.82) is 0 Å². The summed E-state index contributed by atoms with van der Waals surface area (Å²) in [6.07, 6.45) is 3.44. The first-order valence-electron chi connectivity index (χ1n) is 4.98. The van der Waals surface area contributed by atoms with Crippen molar-refractivity contribution in [3.8, 4) is 5.75 Å². The molecule has 0 saturated carbocycles. The molecule has 0 unspecified atom stereocenters. The summed E-state index contributed by atoms with van der Waals surface area (Å²) in [5.74, 6) is 0.355. The van der Waals surface area contributed by atoms with E-state index < -0.39 is 0 Å². The van der Waals surface area contributed by atoms with Crippen LogP contribution < -0.4 is 4.74 Å². The maximum Gasteiger partial charge on any atom is 0.126 e. The van der Waals surface area contributed by atoms with Crippen molar-refractivity contribution in [1.82, 2.24) is 0 Å². The molecule has 0 N–H and O–H groups in total. The lowest BCUT2D eigenvalue weighted by molar-refractivity contribution is 0.483. The quantitative estimate of drug-likeness (QED) is 0.704. The average molecular weight is 214 g/mol. The summed E-state index contributed by atoms with van der Waals surface area (Å²) in [4.78, 5) is 0. The fourth-order valence-electron chi connectivity index (χ4n) is 1.27. The third kappa shape index (κ3) is 2.95. The molecule has 0 spiro atoms. The van der Waals surface area contributed by atoms with Crippen LogP contribution in [0.15, 0.2) is 60.9 Å². The third-order valence-corrected chi connectivity index (χ3v) is 2.08. The zero-order chi connectivity index (χ0) is 11.2. The summed E-state index contributed by atoms with van der Waals surface area (Å²) in [7, 11) is 0. The second-order valence-corrected chi connectivity index (χ2v) is 3.29. The molecule has 0 heterocycles. The Morgan fingerprint density at radius 2 is 1.56 bits per heavy atom. The molecular formula is C14H11FO. The molecule has 2 aromatic rings. The molecule has 0 bridgehead atoms. The molecule has 0 fully saturated rings. The van der Waals surface area contributed by atoms with Crippen LogP contribution in [0.5, 0.6) is 5.75 Å². The van der Waals surface area contributed by atoms with Gasteiger partial charge in [-0.1, -0.05) is 30.3 Å². The van der Waals surface area contributed by atoms with Crippen molar-refractivity contribution in [2.24, 2.45) is 0 Å². The molecule has 0 saturated heterocycles. The van der Waals surface area contributed by atoms with Gasteiger partial charge in [0.15, 0.2) is 0 Å². The van der Waals surface area contributed by atoms with E-state index in [1.165, 1.54) is 12.1 Å². The van der Waals surface area contributed by atoms with Gasteiger partial charge in [0.2, 0.25) is 0 Å². The number of ether oxygens (including phenoxy) is 1. The molecule has 16 heavy (non-hydrogen) atoms. The minimum atomic E-state index is -0.264. The van der Waals surface area contributed by atoms with Crippen molar-refractivity contribution >= 4 is 6.08 Å². The Hall–Kier alpha value is -2.09. The molecule has 0 atom stereocenters. The third-order valence-electron chi connectivity index (χ3n) is 2.08. The van der Waals surface area contributed by atoms with Crippen LogP contribution in [0.4, 0.5) is 4.39 Å². The van der Waals surface area contributed by atoms with E-state index in [0.717, 1.165) is 5.56 Å². The number of benzene rings is 2. The highest BCUT2D eigenvalue weighted by molar-refractivity contribution is 5.48. The molecule has 1 nitrogen and oxygen atoms in total. The normalized spacial score (nSPS) is 10.6. The summed E-state index contributed by atoms with van der Waals surface area (Å²) in [6, 6.07) is 15.7. The van der Waals surface area contributed by atoms with Gasteiger partial charge in [0.05, 0.1) is 6.26 Å². The number of hydrogen-bond acceptors (Lipinski definition) is 1. The molecule has 0 amide bonds. The van der Waals surface area contributed by atoms with Crippen LogP contribution in [-0.4, -0.2) is 0 Å². The van der Waals surface area contributed by atoms with Gasteiger partial charge in [-0.15, -0.1) is 0 Å². The lowest BCUT2D eigenvalue weighted by atomic mass is 10.2. The smallest absolute Gasteiger partial charge is 0.126 e. The van der Waals surface area contributed by atoms with Crippen LogP contribution in [0.2, 0.25) is 0 Å². The van der Waals surface area contributed by atoms with Crippen molar-refractivity contribution < 1.29 is 9.13 Å². The lowest BCUT2D eigenvalue weighted by Gasteiger charge is -1.98. The first-order chi connectivity index (χ1) is 7.84. The Bertz CT molecular complexity index is 460. The predicted molar refractivity (Wildman–Crippen MR) is 62.5 cm³/mol. The molecule has 2 rings (SSSR count). The first-order valence-corrected chi connectivity index (χ1v) is 4.98. The second kappa shape index (κ2) is 5.12. The van der Waals surface area contributed by atoms with Crippen LogP contribution >= 0.6 is 0 Å². The number of halogens is 1. The largest absolute Gasteiger partial charge is 0.465 e. The van der Waals surface area contributed by atoms with Gasteiger partial charge in [0.25, 0.3) is 0 Å². The fourth-order valence-corrected chi connectivity index (χ4v) is 1.27. The van der Waals surface area contributed by atoms with E-state index in [2.05, 4.69) is 0 Å². The van der Waals surface area contributed by atoms with Gasteiger partial charge in [-0.3, -0.25) is 0 Å². The van der Waals surface area contributed by atoms with Crippen molar-refractivity contribution in [2.45, 2.75) is 0 Å². The van der Waals surface area contributed by atoms with Crippen LogP contribution in [0.25, 0.3) is 6.08 Å². The Morgan fingerprint density at radius 1 is 0.875 bits per heavy atom. The molecule has 2 heteroatoms. The van der Waals surface area contributed by atoms with Crippen LogP contribution in [0, 0.1) is 5.82 Å². The van der Waals surface area contributed by atoms with E-state index in [1.807, 2.05) is 36.4 Å². The second-order valence-electron chi connectivity index (χ2n) is 3.29. The van der Waals surface area contributed by atoms with Gasteiger partial charge in [-0.2, -0.15) is 0 Å². The zero-order valence-corrected chi connectivity index (χ0v) is 8.64. The van der Waals surface area contributed by atoms with Gasteiger partial charge < -0.3 is 4.74 Å². The fraction of sp³-hybridized carbons (Fsp3) is 0. The molecule has 0 aliphatic carbocycles. The number of rotatable bonds is 3. The Morgan fingerprint density at radius 3 is 2.25 bits per heavy atom. The van der Waals surface area contributed by atoms with E-state index >= 15 is 0 Å². The lowest BCUT2D eigenvalue weighted by Crippen LogP contribution is -1.82. The van der Waals surface area contributed by atoms with Crippen LogP contribution in [-0.2, 0) is 0 Å².